The number of rotatable bonds is 4. The van der Waals surface area contributed by atoms with Gasteiger partial charge >= 0.3 is 5.97 Å². The van der Waals surface area contributed by atoms with Crippen molar-refractivity contribution in [1.29, 1.82) is 0 Å². The number of aromatic amines is 1. The maximum atomic E-state index is 11.4. The van der Waals surface area contributed by atoms with Gasteiger partial charge in [0.1, 0.15) is 0 Å². The smallest absolute Gasteiger partial charge is 0.310 e. The van der Waals surface area contributed by atoms with Crippen LogP contribution in [0.1, 0.15) is 29.8 Å². The molecule has 0 radical (unpaired) electrons. The molecule has 1 heterocycles. The van der Waals surface area contributed by atoms with E-state index in [1.165, 1.54) is 19.2 Å². The van der Waals surface area contributed by atoms with E-state index in [0.29, 0.717) is 5.56 Å². The molecule has 16 heavy (non-hydrogen) atoms. The Hall–Kier alpha value is -1.91. The first-order valence-electron chi connectivity index (χ1n) is 4.93. The summed E-state index contributed by atoms with van der Waals surface area (Å²) in [4.78, 5) is 36.3. The lowest BCUT2D eigenvalue weighted by Crippen LogP contribution is -2.20. The Bertz CT molecular complexity index is 461. The molecule has 1 aromatic heterocycles. The first-order valence-corrected chi connectivity index (χ1v) is 4.93. The molecule has 0 saturated carbocycles. The second kappa shape index (κ2) is 5.25. The average Bonchev–Trinajstić information content (AvgIpc) is 2.17. The van der Waals surface area contributed by atoms with Gasteiger partial charge < -0.3 is 9.72 Å². The fraction of sp³-hybridized carbons (Fsp3) is 0.364. The number of carbonyl (C=O) groups excluding carboxylic acids is 2. The molecule has 0 aromatic carbocycles. The first kappa shape index (κ1) is 12.2. The molecule has 1 rings (SSSR count). The van der Waals surface area contributed by atoms with Gasteiger partial charge in [-0.1, -0.05) is 0 Å². The predicted molar refractivity (Wildman–Crippen MR) is 57.4 cm³/mol. The summed E-state index contributed by atoms with van der Waals surface area (Å²) in [5.74, 6) is -0.809. The summed E-state index contributed by atoms with van der Waals surface area (Å²) in [6.45, 7) is 3.26. The van der Waals surface area contributed by atoms with E-state index in [1.807, 2.05) is 0 Å². The number of Topliss-reactive ketones (excluding diaryl/α,β-unsaturated/α-hetero) is 1. The molecule has 0 aliphatic rings. The van der Waals surface area contributed by atoms with Crippen LogP contribution in [0.2, 0.25) is 0 Å². The number of pyridine rings is 1. The molecule has 1 N–H and O–H groups in total. The monoisotopic (exact) mass is 223 g/mol. The Kier molecular flexibility index (Phi) is 3.99. The van der Waals surface area contributed by atoms with Crippen LogP contribution >= 0.6 is 0 Å². The lowest BCUT2D eigenvalue weighted by Gasteiger charge is -2.05. The number of hydrogen-bond acceptors (Lipinski definition) is 4. The highest BCUT2D eigenvalue weighted by molar-refractivity contribution is 5.96. The Balaban J connectivity index is 3.05. The van der Waals surface area contributed by atoms with E-state index >= 15 is 0 Å². The van der Waals surface area contributed by atoms with Gasteiger partial charge in [0.05, 0.1) is 18.6 Å². The van der Waals surface area contributed by atoms with Crippen LogP contribution in [0, 0.1) is 0 Å². The summed E-state index contributed by atoms with van der Waals surface area (Å²) < 4.78 is 4.76. The zero-order valence-electron chi connectivity index (χ0n) is 9.20. The number of ketones is 1. The second-order valence-corrected chi connectivity index (χ2v) is 3.25. The third kappa shape index (κ3) is 2.79. The molecule has 0 bridgehead atoms. The summed E-state index contributed by atoms with van der Waals surface area (Å²) >= 11 is 0. The normalized spacial score (nSPS) is 9.88. The van der Waals surface area contributed by atoms with Gasteiger partial charge in [-0.3, -0.25) is 14.4 Å². The van der Waals surface area contributed by atoms with Crippen LogP contribution < -0.4 is 5.56 Å². The van der Waals surface area contributed by atoms with Gasteiger partial charge in [0.25, 0.3) is 5.56 Å². The van der Waals surface area contributed by atoms with E-state index in [0.717, 1.165) is 0 Å². The Morgan fingerprint density at radius 2 is 2.12 bits per heavy atom. The molecule has 0 spiro atoms. The van der Waals surface area contributed by atoms with E-state index in [2.05, 4.69) is 4.98 Å². The molecule has 0 aliphatic carbocycles. The van der Waals surface area contributed by atoms with Crippen molar-refractivity contribution in [1.82, 2.24) is 4.98 Å². The second-order valence-electron chi connectivity index (χ2n) is 3.25. The minimum Gasteiger partial charge on any atom is -0.466 e. The zero-order valence-corrected chi connectivity index (χ0v) is 9.20. The van der Waals surface area contributed by atoms with Crippen molar-refractivity contribution in [3.8, 4) is 0 Å². The highest BCUT2D eigenvalue weighted by Crippen LogP contribution is 2.05. The van der Waals surface area contributed by atoms with Crippen molar-refractivity contribution < 1.29 is 14.3 Å². The topological polar surface area (TPSA) is 76.2 Å². The van der Waals surface area contributed by atoms with Crippen LogP contribution in [0.25, 0.3) is 0 Å². The number of aromatic nitrogens is 1. The summed E-state index contributed by atoms with van der Waals surface area (Å²) in [5.41, 5.74) is -0.0560. The molecule has 1 aromatic rings. The number of ether oxygens (including phenoxy) is 1. The third-order valence-corrected chi connectivity index (χ3v) is 2.04. The molecular weight excluding hydrogens is 210 g/mol. The van der Waals surface area contributed by atoms with Crippen LogP contribution in [0.4, 0.5) is 0 Å². The van der Waals surface area contributed by atoms with E-state index < -0.39 is 11.5 Å². The lowest BCUT2D eigenvalue weighted by molar-refractivity contribution is -0.142. The minimum atomic E-state index is -0.478. The van der Waals surface area contributed by atoms with Crippen molar-refractivity contribution in [2.75, 3.05) is 6.61 Å². The number of H-pyrrole nitrogens is 1. The van der Waals surface area contributed by atoms with Gasteiger partial charge in [0.15, 0.2) is 5.78 Å². The standard InChI is InChI=1S/C11H13NO4/c1-3-16-9(14)6-8-4-5-12-11(15)10(8)7(2)13/h4-5H,3,6H2,1-2H3,(H,12,15). The average molecular weight is 223 g/mol. The largest absolute Gasteiger partial charge is 0.466 e. The first-order chi connectivity index (χ1) is 7.56. The van der Waals surface area contributed by atoms with E-state index in [4.69, 9.17) is 4.74 Å². The third-order valence-electron chi connectivity index (χ3n) is 2.04. The Morgan fingerprint density at radius 3 is 2.69 bits per heavy atom. The minimum absolute atomic E-state index is 0.0237. The molecule has 0 atom stereocenters. The van der Waals surface area contributed by atoms with Crippen LogP contribution in [0.15, 0.2) is 17.1 Å². The molecular formula is C11H13NO4. The summed E-state index contributed by atoms with van der Waals surface area (Å²) in [6, 6.07) is 1.54. The van der Waals surface area contributed by atoms with Crippen molar-refractivity contribution in [2.24, 2.45) is 0 Å². The SMILES string of the molecule is CCOC(=O)Cc1cc[nH]c(=O)c1C(C)=O. The van der Waals surface area contributed by atoms with Crippen LogP contribution in [0.3, 0.4) is 0 Å². The van der Waals surface area contributed by atoms with E-state index in [9.17, 15) is 14.4 Å². The lowest BCUT2D eigenvalue weighted by atomic mass is 10.0. The molecule has 5 nitrogen and oxygen atoms in total. The van der Waals surface area contributed by atoms with Crippen LogP contribution in [-0.2, 0) is 16.0 Å². The number of carbonyl (C=O) groups is 2. The molecule has 0 unspecified atom stereocenters. The summed E-state index contributed by atoms with van der Waals surface area (Å²) in [7, 11) is 0. The fourth-order valence-corrected chi connectivity index (χ4v) is 1.42. The van der Waals surface area contributed by atoms with Gasteiger partial charge in [-0.15, -0.1) is 0 Å². The highest BCUT2D eigenvalue weighted by atomic mass is 16.5. The molecule has 0 saturated heterocycles. The van der Waals surface area contributed by atoms with Gasteiger partial charge in [-0.2, -0.15) is 0 Å². The van der Waals surface area contributed by atoms with Gasteiger partial charge in [0, 0.05) is 6.20 Å². The maximum absolute atomic E-state index is 11.4. The maximum Gasteiger partial charge on any atom is 0.310 e. The van der Waals surface area contributed by atoms with Gasteiger partial charge in [-0.05, 0) is 25.5 Å². The summed E-state index contributed by atoms with van der Waals surface area (Å²) in [5, 5.41) is 0. The molecule has 86 valence electrons. The molecule has 0 fully saturated rings. The van der Waals surface area contributed by atoms with Crippen molar-refractivity contribution in [3.63, 3.8) is 0 Å². The van der Waals surface area contributed by atoms with Crippen molar-refractivity contribution in [3.05, 3.63) is 33.7 Å². The number of esters is 1. The molecule has 0 amide bonds. The Morgan fingerprint density at radius 1 is 1.44 bits per heavy atom. The highest BCUT2D eigenvalue weighted by Gasteiger charge is 2.14. The number of hydrogen-bond donors (Lipinski definition) is 1. The van der Waals surface area contributed by atoms with E-state index in [1.54, 1.807) is 6.92 Å². The van der Waals surface area contributed by atoms with E-state index in [-0.39, 0.29) is 24.4 Å². The van der Waals surface area contributed by atoms with Gasteiger partial charge in [-0.25, -0.2) is 0 Å². The van der Waals surface area contributed by atoms with Crippen molar-refractivity contribution >= 4 is 11.8 Å². The van der Waals surface area contributed by atoms with Crippen molar-refractivity contribution in [2.45, 2.75) is 20.3 Å². The zero-order chi connectivity index (χ0) is 12.1. The van der Waals surface area contributed by atoms with Gasteiger partial charge in [0.2, 0.25) is 0 Å². The number of nitrogens with one attached hydrogen (secondary N) is 1. The predicted octanol–water partition coefficient (Wildman–Crippen LogP) is 0.683. The fourth-order valence-electron chi connectivity index (χ4n) is 1.42. The van der Waals surface area contributed by atoms with Crippen LogP contribution in [-0.4, -0.2) is 23.3 Å². The molecule has 0 aliphatic heterocycles. The van der Waals surface area contributed by atoms with Crippen LogP contribution in [0.5, 0.6) is 0 Å². The molecule has 5 heteroatoms. The summed E-state index contributed by atoms with van der Waals surface area (Å²) in [6.07, 6.45) is 1.34. The quantitative estimate of drug-likeness (QED) is 0.601. The Labute approximate surface area is 92.4 Å².